The van der Waals surface area contributed by atoms with E-state index in [1.165, 1.54) is 16.7 Å². The summed E-state index contributed by atoms with van der Waals surface area (Å²) in [5.41, 5.74) is 5.19. The number of nitrogens with zero attached hydrogens (tertiary/aromatic N) is 4. The van der Waals surface area contributed by atoms with Gasteiger partial charge in [0.15, 0.2) is 0 Å². The van der Waals surface area contributed by atoms with Gasteiger partial charge in [0.25, 0.3) is 5.91 Å². The molecule has 1 aliphatic heterocycles. The van der Waals surface area contributed by atoms with Crippen LogP contribution in [0.2, 0.25) is 0 Å². The maximum absolute atomic E-state index is 12.9. The molecule has 5 rings (SSSR count). The Balaban J connectivity index is 1.43. The predicted octanol–water partition coefficient (Wildman–Crippen LogP) is 4.12. The highest BCUT2D eigenvalue weighted by atomic mass is 16.1. The molecule has 166 valence electrons. The molecule has 0 saturated carbocycles. The normalized spacial score (nSPS) is 15.7. The molecule has 3 heterocycles. The van der Waals surface area contributed by atoms with Gasteiger partial charge in [0.1, 0.15) is 11.5 Å². The molecule has 1 aliphatic rings. The Morgan fingerprint density at radius 3 is 2.64 bits per heavy atom. The zero-order chi connectivity index (χ0) is 22.6. The number of carbonyl (C=O) groups excluding carboxylic acids is 1. The Hall–Kier alpha value is -3.77. The SMILES string of the molecule is Cc1ccccc1CN1CCn2cc(C(=O)NCc3cccnc3)nc2C1c1ccccc1. The number of hydrogen-bond acceptors (Lipinski definition) is 4. The Morgan fingerprint density at radius 1 is 1.03 bits per heavy atom. The minimum absolute atomic E-state index is 0.0144. The number of imidazole rings is 1. The number of pyridine rings is 1. The lowest BCUT2D eigenvalue weighted by molar-refractivity contribution is 0.0946. The van der Waals surface area contributed by atoms with Gasteiger partial charge in [-0.1, -0.05) is 60.7 Å². The average molecular weight is 438 g/mol. The van der Waals surface area contributed by atoms with Gasteiger partial charge in [-0.2, -0.15) is 0 Å². The van der Waals surface area contributed by atoms with Crippen LogP contribution in [0, 0.1) is 6.92 Å². The molecule has 0 radical (unpaired) electrons. The van der Waals surface area contributed by atoms with Crippen molar-refractivity contribution >= 4 is 5.91 Å². The summed E-state index contributed by atoms with van der Waals surface area (Å²) in [5.74, 6) is 0.741. The molecular formula is C27H27N5O. The number of aryl methyl sites for hydroxylation is 1. The smallest absolute Gasteiger partial charge is 0.271 e. The number of hydrogen-bond donors (Lipinski definition) is 1. The topological polar surface area (TPSA) is 63.1 Å². The van der Waals surface area contributed by atoms with Crippen LogP contribution in [0.4, 0.5) is 0 Å². The van der Waals surface area contributed by atoms with Gasteiger partial charge in [-0.3, -0.25) is 14.7 Å². The van der Waals surface area contributed by atoms with Gasteiger partial charge < -0.3 is 9.88 Å². The van der Waals surface area contributed by atoms with E-state index in [0.29, 0.717) is 12.2 Å². The molecule has 0 spiro atoms. The zero-order valence-corrected chi connectivity index (χ0v) is 18.7. The lowest BCUT2D eigenvalue weighted by atomic mass is 10.0. The summed E-state index contributed by atoms with van der Waals surface area (Å²) in [5, 5.41) is 2.97. The van der Waals surface area contributed by atoms with Gasteiger partial charge in [-0.05, 0) is 35.2 Å². The number of amides is 1. The fourth-order valence-corrected chi connectivity index (χ4v) is 4.41. The molecular weight excluding hydrogens is 410 g/mol. The number of fused-ring (bicyclic) bond motifs is 1. The maximum atomic E-state index is 12.9. The van der Waals surface area contributed by atoms with Crippen molar-refractivity contribution in [2.75, 3.05) is 6.54 Å². The van der Waals surface area contributed by atoms with Crippen LogP contribution < -0.4 is 5.32 Å². The highest BCUT2D eigenvalue weighted by Gasteiger charge is 2.32. The molecule has 1 atom stereocenters. The number of benzene rings is 2. The van der Waals surface area contributed by atoms with Gasteiger partial charge in [0.05, 0.1) is 6.04 Å². The summed E-state index contributed by atoms with van der Waals surface area (Å²) in [6, 6.07) is 22.7. The van der Waals surface area contributed by atoms with Crippen LogP contribution in [0.25, 0.3) is 0 Å². The molecule has 0 bridgehead atoms. The summed E-state index contributed by atoms with van der Waals surface area (Å²) in [6.45, 7) is 5.10. The number of rotatable bonds is 6. The minimum atomic E-state index is -0.169. The Morgan fingerprint density at radius 2 is 1.85 bits per heavy atom. The highest BCUT2D eigenvalue weighted by molar-refractivity contribution is 5.92. The first-order chi connectivity index (χ1) is 16.2. The molecule has 33 heavy (non-hydrogen) atoms. The molecule has 6 heteroatoms. The first kappa shape index (κ1) is 21.1. The van der Waals surface area contributed by atoms with Crippen molar-refractivity contribution in [3.8, 4) is 0 Å². The molecule has 1 unspecified atom stereocenters. The van der Waals surface area contributed by atoms with Gasteiger partial charge in [0, 0.05) is 44.8 Å². The van der Waals surface area contributed by atoms with Crippen LogP contribution in [0.3, 0.4) is 0 Å². The van der Waals surface area contributed by atoms with E-state index in [0.717, 1.165) is 31.0 Å². The number of aromatic nitrogens is 3. The summed E-state index contributed by atoms with van der Waals surface area (Å²) in [6.07, 6.45) is 5.36. The third-order valence-electron chi connectivity index (χ3n) is 6.20. The van der Waals surface area contributed by atoms with E-state index in [4.69, 9.17) is 4.98 Å². The summed E-state index contributed by atoms with van der Waals surface area (Å²) in [4.78, 5) is 24.3. The van der Waals surface area contributed by atoms with E-state index in [2.05, 4.69) is 75.2 Å². The third-order valence-corrected chi connectivity index (χ3v) is 6.20. The molecule has 1 N–H and O–H groups in total. The Labute approximate surface area is 193 Å². The van der Waals surface area contributed by atoms with Gasteiger partial charge in [-0.15, -0.1) is 0 Å². The maximum Gasteiger partial charge on any atom is 0.271 e. The van der Waals surface area contributed by atoms with Crippen LogP contribution in [0.15, 0.2) is 85.3 Å². The summed E-state index contributed by atoms with van der Waals surface area (Å²) in [7, 11) is 0. The first-order valence-electron chi connectivity index (χ1n) is 11.3. The minimum Gasteiger partial charge on any atom is -0.347 e. The van der Waals surface area contributed by atoms with Crippen molar-refractivity contribution in [3.05, 3.63) is 119 Å². The molecule has 1 amide bonds. The van der Waals surface area contributed by atoms with Crippen molar-refractivity contribution in [2.45, 2.75) is 32.6 Å². The number of carbonyl (C=O) groups is 1. The third kappa shape index (κ3) is 4.56. The monoisotopic (exact) mass is 437 g/mol. The van der Waals surface area contributed by atoms with Crippen molar-refractivity contribution in [2.24, 2.45) is 0 Å². The predicted molar refractivity (Wildman–Crippen MR) is 128 cm³/mol. The van der Waals surface area contributed by atoms with Gasteiger partial charge in [0.2, 0.25) is 0 Å². The van der Waals surface area contributed by atoms with Gasteiger partial charge >= 0.3 is 0 Å². The summed E-state index contributed by atoms with van der Waals surface area (Å²) < 4.78 is 2.13. The van der Waals surface area contributed by atoms with E-state index in [-0.39, 0.29) is 11.9 Å². The van der Waals surface area contributed by atoms with Crippen molar-refractivity contribution in [1.29, 1.82) is 0 Å². The highest BCUT2D eigenvalue weighted by Crippen LogP contribution is 2.33. The van der Waals surface area contributed by atoms with Crippen LogP contribution in [0.1, 0.15) is 44.6 Å². The second kappa shape index (κ2) is 9.38. The van der Waals surface area contributed by atoms with E-state index in [1.807, 2.05) is 24.4 Å². The first-order valence-corrected chi connectivity index (χ1v) is 11.3. The molecule has 2 aromatic heterocycles. The quantitative estimate of drug-likeness (QED) is 0.493. The van der Waals surface area contributed by atoms with Gasteiger partial charge in [-0.25, -0.2) is 4.98 Å². The van der Waals surface area contributed by atoms with Crippen LogP contribution >= 0.6 is 0 Å². The average Bonchev–Trinajstić information content (AvgIpc) is 3.29. The molecule has 2 aromatic carbocycles. The fraction of sp³-hybridized carbons (Fsp3) is 0.222. The second-order valence-electron chi connectivity index (χ2n) is 8.43. The lowest BCUT2D eigenvalue weighted by Gasteiger charge is -2.36. The summed E-state index contributed by atoms with van der Waals surface area (Å²) >= 11 is 0. The standard InChI is InChI=1S/C27H27N5O/c1-20-8-5-6-12-23(20)18-31-14-15-32-19-24(27(33)29-17-21-9-7-13-28-16-21)30-26(32)25(31)22-10-3-2-4-11-22/h2-13,16,19,25H,14-15,17-18H2,1H3,(H,29,33). The second-order valence-corrected chi connectivity index (χ2v) is 8.43. The number of nitrogens with one attached hydrogen (secondary N) is 1. The lowest BCUT2D eigenvalue weighted by Crippen LogP contribution is -2.38. The van der Waals surface area contributed by atoms with Crippen molar-refractivity contribution in [3.63, 3.8) is 0 Å². The Kier molecular flexibility index (Phi) is 6.00. The molecule has 6 nitrogen and oxygen atoms in total. The molecule has 0 aliphatic carbocycles. The molecule has 0 saturated heterocycles. The van der Waals surface area contributed by atoms with E-state index in [9.17, 15) is 4.79 Å². The molecule has 0 fully saturated rings. The zero-order valence-electron chi connectivity index (χ0n) is 18.7. The van der Waals surface area contributed by atoms with E-state index in [1.54, 1.807) is 12.4 Å². The van der Waals surface area contributed by atoms with Crippen LogP contribution in [-0.2, 0) is 19.6 Å². The van der Waals surface area contributed by atoms with Crippen molar-refractivity contribution < 1.29 is 4.79 Å². The molecule has 4 aromatic rings. The van der Waals surface area contributed by atoms with Crippen molar-refractivity contribution in [1.82, 2.24) is 24.8 Å². The van der Waals surface area contributed by atoms with Crippen LogP contribution in [0.5, 0.6) is 0 Å². The van der Waals surface area contributed by atoms with E-state index >= 15 is 0 Å². The van der Waals surface area contributed by atoms with Crippen LogP contribution in [-0.4, -0.2) is 31.9 Å². The van der Waals surface area contributed by atoms with E-state index < -0.39 is 0 Å². The fourth-order valence-electron chi connectivity index (χ4n) is 4.41. The Bertz CT molecular complexity index is 1240. The largest absolute Gasteiger partial charge is 0.347 e.